The number of terminal acetylenes is 1. The topological polar surface area (TPSA) is 54.2 Å². The van der Waals surface area contributed by atoms with Crippen LogP contribution in [-0.2, 0) is 13.1 Å². The lowest BCUT2D eigenvalue weighted by Gasteiger charge is -2.09. The summed E-state index contributed by atoms with van der Waals surface area (Å²) in [6, 6.07) is 10.3. The summed E-state index contributed by atoms with van der Waals surface area (Å²) in [5, 5.41) is 11.0. The SMILES string of the molecule is C#CCNC(=NCc1c(C)nn(Cc2ccccc2)c1C)NCC. The molecule has 2 aromatic rings. The second-order valence-corrected chi connectivity index (χ2v) is 5.55. The van der Waals surface area contributed by atoms with E-state index in [0.717, 1.165) is 36.0 Å². The lowest BCUT2D eigenvalue weighted by molar-refractivity contribution is 0.658. The summed E-state index contributed by atoms with van der Waals surface area (Å²) in [7, 11) is 0. The Morgan fingerprint density at radius 3 is 2.67 bits per heavy atom. The summed E-state index contributed by atoms with van der Waals surface area (Å²) >= 11 is 0. The van der Waals surface area contributed by atoms with E-state index >= 15 is 0 Å². The summed E-state index contributed by atoms with van der Waals surface area (Å²) in [5.41, 5.74) is 4.55. The van der Waals surface area contributed by atoms with Gasteiger partial charge in [0, 0.05) is 17.8 Å². The Morgan fingerprint density at radius 2 is 2.00 bits per heavy atom. The lowest BCUT2D eigenvalue weighted by atomic mass is 10.2. The molecule has 0 bridgehead atoms. The van der Waals surface area contributed by atoms with Gasteiger partial charge in [0.15, 0.2) is 5.96 Å². The van der Waals surface area contributed by atoms with Gasteiger partial charge in [0.05, 0.1) is 25.3 Å². The number of rotatable bonds is 6. The minimum absolute atomic E-state index is 0.455. The highest BCUT2D eigenvalue weighted by molar-refractivity contribution is 5.80. The quantitative estimate of drug-likeness (QED) is 0.487. The summed E-state index contributed by atoms with van der Waals surface area (Å²) in [5.74, 6) is 3.29. The molecule has 2 rings (SSSR count). The van der Waals surface area contributed by atoms with E-state index < -0.39 is 0 Å². The van der Waals surface area contributed by atoms with E-state index in [1.54, 1.807) is 0 Å². The van der Waals surface area contributed by atoms with E-state index in [1.165, 1.54) is 5.56 Å². The van der Waals surface area contributed by atoms with E-state index in [2.05, 4.69) is 45.7 Å². The number of aromatic nitrogens is 2. The molecule has 2 N–H and O–H groups in total. The largest absolute Gasteiger partial charge is 0.357 e. The van der Waals surface area contributed by atoms with E-state index in [9.17, 15) is 0 Å². The monoisotopic (exact) mass is 323 g/mol. The maximum absolute atomic E-state index is 5.30. The Balaban J connectivity index is 2.14. The van der Waals surface area contributed by atoms with Crippen LogP contribution in [-0.4, -0.2) is 28.8 Å². The maximum Gasteiger partial charge on any atom is 0.192 e. The van der Waals surface area contributed by atoms with Crippen molar-refractivity contribution in [2.45, 2.75) is 33.9 Å². The molecule has 0 saturated carbocycles. The molecule has 1 aromatic heterocycles. The first-order valence-corrected chi connectivity index (χ1v) is 8.18. The summed E-state index contributed by atoms with van der Waals surface area (Å²) in [4.78, 5) is 4.61. The second-order valence-electron chi connectivity index (χ2n) is 5.55. The van der Waals surface area contributed by atoms with E-state index in [1.807, 2.05) is 36.7 Å². The van der Waals surface area contributed by atoms with Crippen molar-refractivity contribution >= 4 is 5.96 Å². The number of guanidine groups is 1. The highest BCUT2D eigenvalue weighted by atomic mass is 15.3. The highest BCUT2D eigenvalue weighted by Gasteiger charge is 2.11. The van der Waals surface area contributed by atoms with Gasteiger partial charge in [-0.25, -0.2) is 4.99 Å². The van der Waals surface area contributed by atoms with Gasteiger partial charge in [-0.3, -0.25) is 4.68 Å². The van der Waals surface area contributed by atoms with Crippen molar-refractivity contribution in [3.8, 4) is 12.3 Å². The Hall–Kier alpha value is -2.74. The predicted octanol–water partition coefficient (Wildman–Crippen LogP) is 2.24. The van der Waals surface area contributed by atoms with Crippen LogP contribution < -0.4 is 10.6 Å². The standard InChI is InChI=1S/C19H25N5/c1-5-12-21-19(20-6-2)22-13-18-15(3)23-24(16(18)4)14-17-10-8-7-9-11-17/h1,7-11H,6,12-14H2,2-4H3,(H2,20,21,22). The smallest absolute Gasteiger partial charge is 0.192 e. The zero-order valence-electron chi connectivity index (χ0n) is 14.6. The summed E-state index contributed by atoms with van der Waals surface area (Å²) in [6.45, 7) is 8.75. The molecule has 0 amide bonds. The molecule has 126 valence electrons. The van der Waals surface area contributed by atoms with Gasteiger partial charge in [-0.15, -0.1) is 6.42 Å². The average molecular weight is 323 g/mol. The van der Waals surface area contributed by atoms with Crippen LogP contribution in [0.4, 0.5) is 0 Å². The van der Waals surface area contributed by atoms with Gasteiger partial charge >= 0.3 is 0 Å². The van der Waals surface area contributed by atoms with Crippen molar-refractivity contribution in [3.05, 3.63) is 52.8 Å². The third-order valence-corrected chi connectivity index (χ3v) is 3.80. The molecular weight excluding hydrogens is 298 g/mol. The number of hydrogen-bond donors (Lipinski definition) is 2. The van der Waals surface area contributed by atoms with Crippen LogP contribution in [0.5, 0.6) is 0 Å². The molecule has 24 heavy (non-hydrogen) atoms. The van der Waals surface area contributed by atoms with Gasteiger partial charge in [-0.2, -0.15) is 5.10 Å². The van der Waals surface area contributed by atoms with Gasteiger partial charge < -0.3 is 10.6 Å². The molecule has 0 radical (unpaired) electrons. The molecule has 1 heterocycles. The molecule has 5 nitrogen and oxygen atoms in total. The van der Waals surface area contributed by atoms with Crippen LogP contribution in [0.25, 0.3) is 0 Å². The van der Waals surface area contributed by atoms with E-state index in [0.29, 0.717) is 13.1 Å². The minimum atomic E-state index is 0.455. The fraction of sp³-hybridized carbons (Fsp3) is 0.368. The number of aliphatic imine (C=N–C) groups is 1. The second kappa shape index (κ2) is 8.78. The fourth-order valence-corrected chi connectivity index (χ4v) is 2.51. The van der Waals surface area contributed by atoms with Crippen molar-refractivity contribution in [3.63, 3.8) is 0 Å². The van der Waals surface area contributed by atoms with Gasteiger partial charge in [-0.1, -0.05) is 36.3 Å². The summed E-state index contributed by atoms with van der Waals surface area (Å²) < 4.78 is 2.04. The molecule has 0 aliphatic carbocycles. The van der Waals surface area contributed by atoms with Crippen molar-refractivity contribution in [1.82, 2.24) is 20.4 Å². The zero-order chi connectivity index (χ0) is 17.4. The minimum Gasteiger partial charge on any atom is -0.357 e. The third-order valence-electron chi connectivity index (χ3n) is 3.80. The highest BCUT2D eigenvalue weighted by Crippen LogP contribution is 2.15. The molecule has 0 saturated heterocycles. The number of benzene rings is 1. The Morgan fingerprint density at radius 1 is 1.25 bits per heavy atom. The Kier molecular flexibility index (Phi) is 6.44. The Labute approximate surface area is 144 Å². The van der Waals surface area contributed by atoms with Crippen LogP contribution in [0.3, 0.4) is 0 Å². The molecule has 0 aliphatic rings. The third kappa shape index (κ3) is 4.63. The summed E-state index contributed by atoms with van der Waals surface area (Å²) in [6.07, 6.45) is 5.30. The van der Waals surface area contributed by atoms with Crippen molar-refractivity contribution < 1.29 is 0 Å². The van der Waals surface area contributed by atoms with Crippen molar-refractivity contribution in [2.75, 3.05) is 13.1 Å². The maximum atomic E-state index is 5.30. The van der Waals surface area contributed by atoms with Gasteiger partial charge in [-0.05, 0) is 26.3 Å². The zero-order valence-corrected chi connectivity index (χ0v) is 14.6. The molecule has 0 spiro atoms. The van der Waals surface area contributed by atoms with Gasteiger partial charge in [0.2, 0.25) is 0 Å². The fourth-order valence-electron chi connectivity index (χ4n) is 2.51. The van der Waals surface area contributed by atoms with Crippen molar-refractivity contribution in [1.29, 1.82) is 0 Å². The molecule has 0 unspecified atom stereocenters. The molecule has 5 heteroatoms. The first-order chi connectivity index (χ1) is 11.7. The van der Waals surface area contributed by atoms with Crippen LogP contribution >= 0.6 is 0 Å². The molecule has 0 atom stereocenters. The molecule has 0 aliphatic heterocycles. The van der Waals surface area contributed by atoms with Crippen LogP contribution in [0, 0.1) is 26.2 Å². The first-order valence-electron chi connectivity index (χ1n) is 8.18. The average Bonchev–Trinajstić information content (AvgIpc) is 2.85. The molecule has 1 aromatic carbocycles. The van der Waals surface area contributed by atoms with E-state index in [4.69, 9.17) is 6.42 Å². The normalized spacial score (nSPS) is 11.2. The van der Waals surface area contributed by atoms with Gasteiger partial charge in [0.1, 0.15) is 0 Å². The predicted molar refractivity (Wildman–Crippen MR) is 98.9 cm³/mol. The Bertz CT molecular complexity index is 722. The lowest BCUT2D eigenvalue weighted by Crippen LogP contribution is -2.37. The first kappa shape index (κ1) is 17.6. The van der Waals surface area contributed by atoms with Crippen LogP contribution in [0.15, 0.2) is 35.3 Å². The van der Waals surface area contributed by atoms with Crippen molar-refractivity contribution in [2.24, 2.45) is 4.99 Å². The van der Waals surface area contributed by atoms with Crippen LogP contribution in [0.1, 0.15) is 29.4 Å². The van der Waals surface area contributed by atoms with Gasteiger partial charge in [0.25, 0.3) is 0 Å². The molecule has 0 fully saturated rings. The number of hydrogen-bond acceptors (Lipinski definition) is 2. The van der Waals surface area contributed by atoms with E-state index in [-0.39, 0.29) is 0 Å². The molecular formula is C19H25N5. The number of nitrogens with zero attached hydrogens (tertiary/aromatic N) is 3. The number of nitrogens with one attached hydrogen (secondary N) is 2. The van der Waals surface area contributed by atoms with Crippen LogP contribution in [0.2, 0.25) is 0 Å². The number of aryl methyl sites for hydroxylation is 1.